The van der Waals surface area contributed by atoms with Gasteiger partial charge >= 0.3 is 5.97 Å². The number of amides is 1. The molecule has 1 unspecified atom stereocenters. The first-order valence-electron chi connectivity index (χ1n) is 14.4. The molecule has 10 heteroatoms. The van der Waals surface area contributed by atoms with Crippen molar-refractivity contribution in [1.29, 1.82) is 0 Å². The monoisotopic (exact) mass is 624 g/mol. The number of benzene rings is 3. The van der Waals surface area contributed by atoms with Gasteiger partial charge in [0, 0.05) is 0 Å². The van der Waals surface area contributed by atoms with Crippen molar-refractivity contribution in [3.8, 4) is 11.5 Å². The van der Waals surface area contributed by atoms with E-state index in [2.05, 4.69) is 4.98 Å². The molecule has 230 valence electrons. The number of esters is 1. The number of nitrogens with zero attached hydrogens (tertiary/aromatic N) is 2. The first kappa shape index (κ1) is 31.2. The maximum Gasteiger partial charge on any atom is 0.350 e. The minimum atomic E-state index is -1.08. The van der Waals surface area contributed by atoms with E-state index in [4.69, 9.17) is 14.2 Å². The van der Waals surface area contributed by atoms with E-state index < -0.39 is 29.5 Å². The summed E-state index contributed by atoms with van der Waals surface area (Å²) in [5.41, 5.74) is 2.46. The van der Waals surface area contributed by atoms with E-state index in [0.717, 1.165) is 22.5 Å². The van der Waals surface area contributed by atoms with Gasteiger partial charge in [-0.1, -0.05) is 84.1 Å². The third-order valence-corrected chi connectivity index (χ3v) is 8.11. The average Bonchev–Trinajstić information content (AvgIpc) is 3.56. The fourth-order valence-corrected chi connectivity index (χ4v) is 5.87. The average molecular weight is 625 g/mol. The van der Waals surface area contributed by atoms with Crippen LogP contribution in [0.2, 0.25) is 0 Å². The number of aryl methyl sites for hydroxylation is 1. The van der Waals surface area contributed by atoms with Crippen LogP contribution >= 0.6 is 11.3 Å². The number of thiazole rings is 1. The largest absolute Gasteiger partial charge is 0.503 e. The minimum Gasteiger partial charge on any atom is -0.503 e. The Kier molecular flexibility index (Phi) is 9.74. The molecule has 1 aliphatic heterocycles. The summed E-state index contributed by atoms with van der Waals surface area (Å²) in [7, 11) is 0. The molecule has 1 atom stereocenters. The highest BCUT2D eigenvalue weighted by molar-refractivity contribution is 7.17. The molecule has 3 aromatic carbocycles. The zero-order valence-corrected chi connectivity index (χ0v) is 25.9. The maximum atomic E-state index is 13.7. The van der Waals surface area contributed by atoms with Crippen LogP contribution in [0.5, 0.6) is 11.5 Å². The summed E-state index contributed by atoms with van der Waals surface area (Å²) >= 11 is 0.953. The lowest BCUT2D eigenvalue weighted by molar-refractivity contribution is -0.117. The summed E-state index contributed by atoms with van der Waals surface area (Å²) in [6.07, 6.45) is 2.94. The Morgan fingerprint density at radius 2 is 1.67 bits per heavy atom. The number of hydrogen-bond donors (Lipinski definition) is 1. The summed E-state index contributed by atoms with van der Waals surface area (Å²) in [4.78, 5) is 45.9. The second kappa shape index (κ2) is 14.0. The quantitative estimate of drug-likeness (QED) is 0.135. The van der Waals surface area contributed by atoms with Gasteiger partial charge in [0.1, 0.15) is 11.5 Å². The van der Waals surface area contributed by atoms with Crippen LogP contribution in [0.3, 0.4) is 0 Å². The summed E-state index contributed by atoms with van der Waals surface area (Å²) in [6, 6.07) is 22.9. The number of aliphatic hydroxyl groups is 1. The molecule has 0 aliphatic carbocycles. The van der Waals surface area contributed by atoms with Crippen LogP contribution in [0.4, 0.5) is 5.13 Å². The van der Waals surface area contributed by atoms with Gasteiger partial charge < -0.3 is 19.3 Å². The van der Waals surface area contributed by atoms with Crippen molar-refractivity contribution in [1.82, 2.24) is 4.98 Å². The van der Waals surface area contributed by atoms with Gasteiger partial charge in [0.05, 0.1) is 30.5 Å². The molecule has 1 amide bonds. The van der Waals surface area contributed by atoms with Crippen LogP contribution in [0.1, 0.15) is 51.9 Å². The molecule has 0 bridgehead atoms. The van der Waals surface area contributed by atoms with Crippen LogP contribution in [-0.2, 0) is 20.9 Å². The van der Waals surface area contributed by atoms with Gasteiger partial charge in [0.25, 0.3) is 5.91 Å². The zero-order valence-electron chi connectivity index (χ0n) is 25.1. The predicted octanol–water partition coefficient (Wildman–Crippen LogP) is 6.79. The molecule has 0 saturated carbocycles. The molecule has 0 radical (unpaired) electrons. The Bertz CT molecular complexity index is 1760. The second-order valence-corrected chi connectivity index (χ2v) is 11.0. The molecule has 9 nitrogen and oxygen atoms in total. The number of ketones is 1. The zero-order chi connectivity index (χ0) is 31.9. The molecular formula is C35H32N2O7S. The molecular weight excluding hydrogens is 592 g/mol. The lowest BCUT2D eigenvalue weighted by Crippen LogP contribution is -2.31. The summed E-state index contributed by atoms with van der Waals surface area (Å²) in [5, 5.41) is 11.3. The van der Waals surface area contributed by atoms with Crippen LogP contribution < -0.4 is 14.4 Å². The van der Waals surface area contributed by atoms with Gasteiger partial charge in [-0.25, -0.2) is 9.78 Å². The number of rotatable bonds is 12. The normalized spacial score (nSPS) is 14.7. The number of allylic oxidation sites excluding steroid dienone is 1. The highest BCUT2D eigenvalue weighted by Gasteiger charge is 2.45. The van der Waals surface area contributed by atoms with Crippen LogP contribution in [0, 0.1) is 6.92 Å². The van der Waals surface area contributed by atoms with Gasteiger partial charge in [-0.3, -0.25) is 14.5 Å². The number of carbonyl (C=O) groups excluding carboxylic acids is 3. The fraction of sp³-hybridized carbons (Fsp3) is 0.200. The number of aliphatic hydroxyl groups excluding tert-OH is 1. The smallest absolute Gasteiger partial charge is 0.350 e. The summed E-state index contributed by atoms with van der Waals surface area (Å²) in [6.45, 7) is 5.97. The van der Waals surface area contributed by atoms with Crippen LogP contribution in [-0.4, -0.2) is 41.0 Å². The molecule has 2 heterocycles. The molecule has 1 aromatic heterocycles. The number of hydrogen-bond acceptors (Lipinski definition) is 9. The highest BCUT2D eigenvalue weighted by Crippen LogP contribution is 2.45. The van der Waals surface area contributed by atoms with Gasteiger partial charge in [-0.2, -0.15) is 0 Å². The van der Waals surface area contributed by atoms with Gasteiger partial charge in [0.15, 0.2) is 28.2 Å². The molecule has 0 spiro atoms. The molecule has 1 aliphatic rings. The van der Waals surface area contributed by atoms with Crippen molar-refractivity contribution in [3.05, 3.63) is 124 Å². The van der Waals surface area contributed by atoms with Gasteiger partial charge in [0.2, 0.25) is 0 Å². The maximum absolute atomic E-state index is 13.7. The number of carbonyl (C=O) groups is 3. The Balaban J connectivity index is 1.57. The van der Waals surface area contributed by atoms with Crippen molar-refractivity contribution in [2.45, 2.75) is 33.4 Å². The molecule has 0 fully saturated rings. The lowest BCUT2D eigenvalue weighted by Gasteiger charge is -2.25. The molecule has 1 N–H and O–H groups in total. The van der Waals surface area contributed by atoms with Crippen LogP contribution in [0.15, 0.2) is 96.3 Å². The van der Waals surface area contributed by atoms with E-state index in [1.54, 1.807) is 38.1 Å². The summed E-state index contributed by atoms with van der Waals surface area (Å²) in [5.74, 6) is -1.77. The van der Waals surface area contributed by atoms with E-state index in [1.807, 2.05) is 67.6 Å². The first-order chi connectivity index (χ1) is 21.8. The fourth-order valence-electron chi connectivity index (χ4n) is 4.88. The number of aromatic nitrogens is 1. The second-order valence-electron chi connectivity index (χ2n) is 9.99. The van der Waals surface area contributed by atoms with Crippen molar-refractivity contribution in [2.24, 2.45) is 0 Å². The van der Waals surface area contributed by atoms with Crippen LogP contribution in [0.25, 0.3) is 6.08 Å². The van der Waals surface area contributed by atoms with Crippen molar-refractivity contribution >= 4 is 40.2 Å². The van der Waals surface area contributed by atoms with Gasteiger partial charge in [-0.15, -0.1) is 0 Å². The number of anilines is 1. The van der Waals surface area contributed by atoms with E-state index in [1.165, 1.54) is 11.0 Å². The SMILES string of the molecule is CCOC(=O)c1sc(N2C(=O)C(O)=C(C(=O)/C=C/c3ccccc3)C2c2ccc(OCc3ccccc3)c(OCC)c2)nc1C. The Morgan fingerprint density at radius 1 is 0.956 bits per heavy atom. The summed E-state index contributed by atoms with van der Waals surface area (Å²) < 4.78 is 17.2. The molecule has 0 saturated heterocycles. The third-order valence-electron chi connectivity index (χ3n) is 6.97. The third kappa shape index (κ3) is 6.81. The highest BCUT2D eigenvalue weighted by atomic mass is 32.1. The molecule has 4 aromatic rings. The molecule has 45 heavy (non-hydrogen) atoms. The van der Waals surface area contributed by atoms with Crippen molar-refractivity contribution in [3.63, 3.8) is 0 Å². The first-order valence-corrected chi connectivity index (χ1v) is 15.3. The predicted molar refractivity (Wildman–Crippen MR) is 172 cm³/mol. The van der Waals surface area contributed by atoms with E-state index in [9.17, 15) is 19.5 Å². The standard InChI is InChI=1S/C35H32N2O7S/c1-4-42-28-20-25(17-19-27(28)44-21-24-14-10-7-11-15-24)30-29(26(38)18-16-23-12-8-6-9-13-23)31(39)33(40)37(30)35-36-22(3)32(45-35)34(41)43-5-2/h6-20,30,39H,4-5,21H2,1-3H3/b18-16+. The van der Waals surface area contributed by atoms with Crippen molar-refractivity contribution < 1.29 is 33.7 Å². The van der Waals surface area contributed by atoms with Gasteiger partial charge in [-0.05, 0) is 55.7 Å². The number of ether oxygens (including phenoxy) is 3. The Hall–Kier alpha value is -5.22. The Labute approximate surface area is 265 Å². The minimum absolute atomic E-state index is 0.127. The lowest BCUT2D eigenvalue weighted by atomic mass is 9.95. The Morgan fingerprint density at radius 3 is 2.36 bits per heavy atom. The molecule has 5 rings (SSSR count). The van der Waals surface area contributed by atoms with Crippen molar-refractivity contribution in [2.75, 3.05) is 18.1 Å². The van der Waals surface area contributed by atoms with E-state index in [-0.39, 0.29) is 22.2 Å². The topological polar surface area (TPSA) is 115 Å². The van der Waals surface area contributed by atoms with E-state index in [0.29, 0.717) is 36.0 Å². The van der Waals surface area contributed by atoms with E-state index >= 15 is 0 Å².